The summed E-state index contributed by atoms with van der Waals surface area (Å²) in [4.78, 5) is 8.70. The molecule has 1 aliphatic heterocycles. The Balaban J connectivity index is 1.95. The fourth-order valence-electron chi connectivity index (χ4n) is 2.06. The average Bonchev–Trinajstić information content (AvgIpc) is 2.47. The summed E-state index contributed by atoms with van der Waals surface area (Å²) in [6.45, 7) is 2.06. The second kappa shape index (κ2) is 5.51. The molecule has 1 aromatic carbocycles. The average molecular weight is 288 g/mol. The first kappa shape index (κ1) is 12.9. The van der Waals surface area contributed by atoms with E-state index in [1.165, 1.54) is 0 Å². The maximum Gasteiger partial charge on any atom is 0.156 e. The maximum atomic E-state index is 6.00. The topological polar surface area (TPSA) is 46.5 Å². The first-order valence-electron chi connectivity index (χ1n) is 6.48. The van der Waals surface area contributed by atoms with Crippen LogP contribution in [-0.2, 0) is 0 Å². The molecule has 0 unspecified atom stereocenters. The summed E-state index contributed by atoms with van der Waals surface area (Å²) in [6, 6.07) is 9.27. The van der Waals surface area contributed by atoms with Gasteiger partial charge in [0.25, 0.3) is 0 Å². The molecule has 0 radical (unpaired) electrons. The van der Waals surface area contributed by atoms with Crippen LogP contribution in [0.25, 0.3) is 0 Å². The van der Waals surface area contributed by atoms with E-state index < -0.39 is 0 Å². The molecule has 0 saturated heterocycles. The number of benzene rings is 1. The Hall–Kier alpha value is -2.07. The summed E-state index contributed by atoms with van der Waals surface area (Å²) in [5.74, 6) is 1.54. The molecule has 3 rings (SSSR count). The Morgan fingerprint density at radius 3 is 3.00 bits per heavy atom. The molecule has 0 amide bonds. The van der Waals surface area contributed by atoms with E-state index in [0.29, 0.717) is 5.02 Å². The van der Waals surface area contributed by atoms with Gasteiger partial charge in [-0.1, -0.05) is 18.5 Å². The van der Waals surface area contributed by atoms with Gasteiger partial charge in [-0.2, -0.15) is 0 Å². The van der Waals surface area contributed by atoms with Crippen molar-refractivity contribution in [3.63, 3.8) is 0 Å². The molecule has 1 atom stereocenters. The number of ether oxygens (including phenoxy) is 1. The minimum atomic E-state index is -0.0936. The molecule has 4 nitrogen and oxygen atoms in total. The number of fused-ring (bicyclic) bond motifs is 1. The molecule has 5 heteroatoms. The normalized spacial score (nSPS) is 16.9. The molecule has 0 bridgehead atoms. The SMILES string of the molecule is CC[C@H]1Oc2ccc(Cl)cc2N=C1Nc1cccnc1. The minimum Gasteiger partial charge on any atom is -0.480 e. The van der Waals surface area contributed by atoms with Crippen molar-refractivity contribution >= 4 is 28.8 Å². The van der Waals surface area contributed by atoms with Gasteiger partial charge in [-0.25, -0.2) is 4.99 Å². The Labute approximate surface area is 122 Å². The van der Waals surface area contributed by atoms with Gasteiger partial charge in [0.1, 0.15) is 17.3 Å². The summed E-state index contributed by atoms with van der Waals surface area (Å²) in [5.41, 5.74) is 1.63. The van der Waals surface area contributed by atoms with E-state index in [4.69, 9.17) is 16.3 Å². The molecular formula is C15H14ClN3O. The summed E-state index contributed by atoms with van der Waals surface area (Å²) < 4.78 is 5.95. The van der Waals surface area contributed by atoms with Crippen molar-refractivity contribution in [3.05, 3.63) is 47.7 Å². The van der Waals surface area contributed by atoms with Crippen LogP contribution in [0.5, 0.6) is 5.75 Å². The molecule has 1 N–H and O–H groups in total. The molecule has 0 saturated carbocycles. The van der Waals surface area contributed by atoms with E-state index in [2.05, 4.69) is 22.2 Å². The lowest BCUT2D eigenvalue weighted by molar-refractivity contribution is 0.259. The van der Waals surface area contributed by atoms with Crippen LogP contribution >= 0.6 is 11.6 Å². The van der Waals surface area contributed by atoms with E-state index in [9.17, 15) is 0 Å². The van der Waals surface area contributed by atoms with E-state index in [1.807, 2.05) is 24.3 Å². The summed E-state index contributed by atoms with van der Waals surface area (Å²) in [5, 5.41) is 3.91. The number of nitrogens with zero attached hydrogens (tertiary/aromatic N) is 2. The second-order valence-corrected chi connectivity index (χ2v) is 4.93. The standard InChI is InChI=1S/C15H14ClN3O/c1-2-13-15(18-11-4-3-7-17-9-11)19-12-8-10(16)5-6-14(12)20-13/h3-9,13H,2H2,1H3,(H,18,19)/t13-/m1/s1. The van der Waals surface area contributed by atoms with Crippen molar-refractivity contribution in [2.75, 3.05) is 5.32 Å². The maximum absolute atomic E-state index is 6.00. The van der Waals surface area contributed by atoms with Gasteiger partial charge >= 0.3 is 0 Å². The zero-order valence-corrected chi connectivity index (χ0v) is 11.8. The summed E-state index contributed by atoms with van der Waals surface area (Å²) >= 11 is 6.00. The van der Waals surface area contributed by atoms with Crippen LogP contribution < -0.4 is 10.1 Å². The van der Waals surface area contributed by atoms with Gasteiger partial charge in [-0.05, 0) is 36.8 Å². The van der Waals surface area contributed by atoms with Crippen LogP contribution in [0.15, 0.2) is 47.7 Å². The number of hydrogen-bond acceptors (Lipinski definition) is 4. The Morgan fingerprint density at radius 1 is 1.35 bits per heavy atom. The molecule has 20 heavy (non-hydrogen) atoms. The zero-order chi connectivity index (χ0) is 13.9. The van der Waals surface area contributed by atoms with Crippen molar-refractivity contribution < 1.29 is 4.74 Å². The number of aromatic nitrogens is 1. The molecule has 0 fully saturated rings. The van der Waals surface area contributed by atoms with Gasteiger partial charge in [-0.3, -0.25) is 4.98 Å². The smallest absolute Gasteiger partial charge is 0.156 e. The van der Waals surface area contributed by atoms with Crippen LogP contribution in [0.3, 0.4) is 0 Å². The lowest BCUT2D eigenvalue weighted by Gasteiger charge is -2.26. The predicted molar refractivity (Wildman–Crippen MR) is 81.1 cm³/mol. The molecule has 0 spiro atoms. The highest BCUT2D eigenvalue weighted by atomic mass is 35.5. The van der Waals surface area contributed by atoms with Crippen LogP contribution in [-0.4, -0.2) is 16.9 Å². The van der Waals surface area contributed by atoms with Crippen molar-refractivity contribution in [1.29, 1.82) is 0 Å². The lowest BCUT2D eigenvalue weighted by Crippen LogP contribution is -2.34. The highest BCUT2D eigenvalue weighted by Crippen LogP contribution is 2.35. The van der Waals surface area contributed by atoms with Gasteiger partial charge in [0, 0.05) is 11.2 Å². The minimum absolute atomic E-state index is 0.0936. The van der Waals surface area contributed by atoms with E-state index in [0.717, 1.165) is 29.4 Å². The number of halogens is 1. The summed E-state index contributed by atoms with van der Waals surface area (Å²) in [7, 11) is 0. The first-order valence-corrected chi connectivity index (χ1v) is 6.86. The number of hydrogen-bond donors (Lipinski definition) is 1. The number of aliphatic imine (C=N–C) groups is 1. The van der Waals surface area contributed by atoms with Crippen LogP contribution in [0.1, 0.15) is 13.3 Å². The Kier molecular flexibility index (Phi) is 3.56. The molecule has 2 aromatic rings. The molecule has 1 aliphatic rings. The van der Waals surface area contributed by atoms with Crippen LogP contribution in [0.4, 0.5) is 11.4 Å². The second-order valence-electron chi connectivity index (χ2n) is 4.49. The highest BCUT2D eigenvalue weighted by Gasteiger charge is 2.23. The molecular weight excluding hydrogens is 274 g/mol. The van der Waals surface area contributed by atoms with E-state index in [1.54, 1.807) is 18.5 Å². The van der Waals surface area contributed by atoms with Gasteiger partial charge < -0.3 is 10.1 Å². The number of rotatable bonds is 2. The Morgan fingerprint density at radius 2 is 2.25 bits per heavy atom. The van der Waals surface area contributed by atoms with Gasteiger partial charge in [0.15, 0.2) is 6.10 Å². The Bertz CT molecular complexity index is 643. The largest absolute Gasteiger partial charge is 0.480 e. The third-order valence-electron chi connectivity index (χ3n) is 3.04. The quantitative estimate of drug-likeness (QED) is 0.906. The third kappa shape index (κ3) is 2.60. The monoisotopic (exact) mass is 287 g/mol. The number of pyridine rings is 1. The van der Waals surface area contributed by atoms with Crippen molar-refractivity contribution in [2.24, 2.45) is 4.99 Å². The molecule has 1 aromatic heterocycles. The number of anilines is 1. The first-order chi connectivity index (χ1) is 9.76. The van der Waals surface area contributed by atoms with E-state index >= 15 is 0 Å². The van der Waals surface area contributed by atoms with E-state index in [-0.39, 0.29) is 6.10 Å². The molecule has 102 valence electrons. The fraction of sp³-hybridized carbons (Fsp3) is 0.200. The zero-order valence-electron chi connectivity index (χ0n) is 11.0. The van der Waals surface area contributed by atoms with Gasteiger partial charge in [-0.15, -0.1) is 0 Å². The lowest BCUT2D eigenvalue weighted by atomic mass is 10.2. The van der Waals surface area contributed by atoms with Crippen molar-refractivity contribution in [2.45, 2.75) is 19.4 Å². The fourth-order valence-corrected chi connectivity index (χ4v) is 2.22. The number of nitrogens with one attached hydrogen (secondary N) is 1. The van der Waals surface area contributed by atoms with Gasteiger partial charge in [0.05, 0.1) is 11.9 Å². The van der Waals surface area contributed by atoms with Crippen molar-refractivity contribution in [3.8, 4) is 5.75 Å². The molecule has 0 aliphatic carbocycles. The van der Waals surface area contributed by atoms with Crippen molar-refractivity contribution in [1.82, 2.24) is 4.98 Å². The highest BCUT2D eigenvalue weighted by molar-refractivity contribution is 6.31. The third-order valence-corrected chi connectivity index (χ3v) is 3.28. The molecule has 2 heterocycles. The number of amidine groups is 1. The van der Waals surface area contributed by atoms with Crippen LogP contribution in [0.2, 0.25) is 5.02 Å². The van der Waals surface area contributed by atoms with Crippen LogP contribution in [0, 0.1) is 0 Å². The summed E-state index contributed by atoms with van der Waals surface area (Å²) in [6.07, 6.45) is 4.22. The predicted octanol–water partition coefficient (Wildman–Crippen LogP) is 4.05. The van der Waals surface area contributed by atoms with Gasteiger partial charge in [0.2, 0.25) is 0 Å².